The highest BCUT2D eigenvalue weighted by Gasteiger charge is 2.18. The summed E-state index contributed by atoms with van der Waals surface area (Å²) in [4.78, 5) is 29.7. The van der Waals surface area contributed by atoms with Crippen LogP contribution in [0.15, 0.2) is 17.2 Å². The average Bonchev–Trinajstić information content (AvgIpc) is 2.81. The molecule has 0 aliphatic rings. The van der Waals surface area contributed by atoms with Crippen LogP contribution in [0.3, 0.4) is 0 Å². The Bertz CT molecular complexity index is 644. The van der Waals surface area contributed by atoms with E-state index in [4.69, 9.17) is 0 Å². The third kappa shape index (κ3) is 2.03. The van der Waals surface area contributed by atoms with E-state index in [0.29, 0.717) is 10.2 Å². The normalized spacial score (nSPS) is 12.6. The fourth-order valence-corrected chi connectivity index (χ4v) is 2.65. The van der Waals surface area contributed by atoms with Crippen molar-refractivity contribution in [3.05, 3.63) is 27.6 Å². The number of fused-ring (bicyclic) bond motifs is 1. The Hall–Kier alpha value is -1.69. The van der Waals surface area contributed by atoms with Gasteiger partial charge in [-0.15, -0.1) is 11.3 Å². The molecule has 0 saturated heterocycles. The summed E-state index contributed by atoms with van der Waals surface area (Å²) in [5, 5.41) is 0.565. The number of aryl methyl sites for hydroxylation is 1. The molecule has 18 heavy (non-hydrogen) atoms. The number of ether oxygens (including phenoxy) is 1. The number of esters is 1. The molecule has 5 nitrogen and oxygen atoms in total. The minimum absolute atomic E-state index is 0.200. The molecule has 0 saturated carbocycles. The standard InChI is InChI=1S/C12H14N2O3S/c1-4-8-5-9-10(18-8)13-6-14(11(9)15)7(2)12(16)17-3/h5-7H,4H2,1-3H3/t7-/m0/s1. The van der Waals surface area contributed by atoms with E-state index >= 15 is 0 Å². The molecule has 0 aliphatic carbocycles. The van der Waals surface area contributed by atoms with Crippen LogP contribution in [0.25, 0.3) is 10.2 Å². The Morgan fingerprint density at radius 1 is 1.61 bits per heavy atom. The number of methoxy groups -OCH3 is 1. The van der Waals surface area contributed by atoms with E-state index < -0.39 is 12.0 Å². The first-order valence-electron chi connectivity index (χ1n) is 5.65. The van der Waals surface area contributed by atoms with Gasteiger partial charge >= 0.3 is 5.97 Å². The average molecular weight is 266 g/mol. The van der Waals surface area contributed by atoms with Gasteiger partial charge in [0.15, 0.2) is 0 Å². The van der Waals surface area contributed by atoms with Crippen molar-refractivity contribution >= 4 is 27.5 Å². The van der Waals surface area contributed by atoms with Crippen LogP contribution in [0.2, 0.25) is 0 Å². The predicted molar refractivity (Wildman–Crippen MR) is 70.0 cm³/mol. The molecule has 0 aromatic carbocycles. The summed E-state index contributed by atoms with van der Waals surface area (Å²) < 4.78 is 5.94. The number of hydrogen-bond acceptors (Lipinski definition) is 5. The van der Waals surface area contributed by atoms with Crippen molar-refractivity contribution in [2.75, 3.05) is 7.11 Å². The van der Waals surface area contributed by atoms with E-state index in [1.807, 2.05) is 13.0 Å². The van der Waals surface area contributed by atoms with Gasteiger partial charge in [0, 0.05) is 4.88 Å². The van der Waals surface area contributed by atoms with Crippen molar-refractivity contribution in [3.63, 3.8) is 0 Å². The van der Waals surface area contributed by atoms with Gasteiger partial charge in [0.05, 0.1) is 18.8 Å². The minimum Gasteiger partial charge on any atom is -0.467 e. The van der Waals surface area contributed by atoms with E-state index in [2.05, 4.69) is 9.72 Å². The van der Waals surface area contributed by atoms with Crippen LogP contribution in [0.5, 0.6) is 0 Å². The minimum atomic E-state index is -0.663. The van der Waals surface area contributed by atoms with Gasteiger partial charge in [0.1, 0.15) is 10.9 Å². The molecule has 2 aromatic rings. The van der Waals surface area contributed by atoms with Gasteiger partial charge in [0.2, 0.25) is 0 Å². The number of rotatable bonds is 3. The Labute approximate surface area is 108 Å². The summed E-state index contributed by atoms with van der Waals surface area (Å²) in [7, 11) is 1.30. The zero-order valence-electron chi connectivity index (χ0n) is 10.5. The molecule has 0 aliphatic heterocycles. The lowest BCUT2D eigenvalue weighted by Gasteiger charge is -2.11. The van der Waals surface area contributed by atoms with E-state index in [1.165, 1.54) is 29.3 Å². The second kappa shape index (κ2) is 4.89. The maximum Gasteiger partial charge on any atom is 0.328 e. The van der Waals surface area contributed by atoms with Crippen molar-refractivity contribution < 1.29 is 9.53 Å². The Balaban J connectivity index is 2.57. The van der Waals surface area contributed by atoms with Gasteiger partial charge in [-0.1, -0.05) is 6.92 Å². The van der Waals surface area contributed by atoms with Gasteiger partial charge in [-0.25, -0.2) is 9.78 Å². The predicted octanol–water partition coefficient (Wildman–Crippen LogP) is 1.75. The van der Waals surface area contributed by atoms with E-state index in [1.54, 1.807) is 6.92 Å². The van der Waals surface area contributed by atoms with Gasteiger partial charge in [-0.2, -0.15) is 0 Å². The van der Waals surface area contributed by atoms with Crippen LogP contribution >= 0.6 is 11.3 Å². The van der Waals surface area contributed by atoms with Gasteiger partial charge < -0.3 is 4.74 Å². The molecule has 6 heteroatoms. The summed E-state index contributed by atoms with van der Waals surface area (Å²) in [5.74, 6) is -0.454. The number of thiophene rings is 1. The van der Waals surface area contributed by atoms with E-state index in [-0.39, 0.29) is 5.56 Å². The Morgan fingerprint density at radius 2 is 2.33 bits per heavy atom. The van der Waals surface area contributed by atoms with Crippen LogP contribution in [-0.2, 0) is 16.0 Å². The van der Waals surface area contributed by atoms with Crippen molar-refractivity contribution in [3.8, 4) is 0 Å². The second-order valence-electron chi connectivity index (χ2n) is 3.94. The number of carbonyl (C=O) groups is 1. The van der Waals surface area contributed by atoms with Gasteiger partial charge in [-0.3, -0.25) is 9.36 Å². The molecule has 1 atom stereocenters. The van der Waals surface area contributed by atoms with Crippen molar-refractivity contribution in [1.82, 2.24) is 9.55 Å². The first kappa shape index (κ1) is 12.8. The monoisotopic (exact) mass is 266 g/mol. The third-order valence-electron chi connectivity index (χ3n) is 2.84. The first-order chi connectivity index (χ1) is 8.58. The fourth-order valence-electron chi connectivity index (χ4n) is 1.72. The summed E-state index contributed by atoms with van der Waals surface area (Å²) >= 11 is 1.51. The smallest absolute Gasteiger partial charge is 0.328 e. The van der Waals surface area contributed by atoms with Crippen LogP contribution in [-0.4, -0.2) is 22.6 Å². The largest absolute Gasteiger partial charge is 0.467 e. The highest BCUT2D eigenvalue weighted by Crippen LogP contribution is 2.21. The number of hydrogen-bond donors (Lipinski definition) is 0. The van der Waals surface area contributed by atoms with Crippen LogP contribution in [0.1, 0.15) is 24.8 Å². The number of aromatic nitrogens is 2. The highest BCUT2D eigenvalue weighted by molar-refractivity contribution is 7.18. The van der Waals surface area contributed by atoms with Crippen LogP contribution in [0.4, 0.5) is 0 Å². The van der Waals surface area contributed by atoms with Crippen molar-refractivity contribution in [1.29, 1.82) is 0 Å². The van der Waals surface area contributed by atoms with Crippen LogP contribution < -0.4 is 5.56 Å². The van der Waals surface area contributed by atoms with E-state index in [9.17, 15) is 9.59 Å². The first-order valence-corrected chi connectivity index (χ1v) is 6.47. The Kier molecular flexibility index (Phi) is 3.47. The zero-order chi connectivity index (χ0) is 13.3. The topological polar surface area (TPSA) is 61.2 Å². The zero-order valence-corrected chi connectivity index (χ0v) is 11.3. The highest BCUT2D eigenvalue weighted by atomic mass is 32.1. The second-order valence-corrected chi connectivity index (χ2v) is 5.06. The molecule has 2 rings (SSSR count). The summed E-state index contributed by atoms with van der Waals surface area (Å²) in [6, 6.07) is 1.18. The molecular weight excluding hydrogens is 252 g/mol. The van der Waals surface area contributed by atoms with Gasteiger partial charge in [0.25, 0.3) is 5.56 Å². The molecule has 0 spiro atoms. The van der Waals surface area contributed by atoms with Crippen molar-refractivity contribution in [2.45, 2.75) is 26.3 Å². The van der Waals surface area contributed by atoms with Crippen LogP contribution in [0, 0.1) is 0 Å². The molecule has 0 N–H and O–H groups in total. The summed E-state index contributed by atoms with van der Waals surface area (Å²) in [6.07, 6.45) is 2.27. The third-order valence-corrected chi connectivity index (χ3v) is 4.02. The Morgan fingerprint density at radius 3 is 2.94 bits per heavy atom. The molecule has 0 unspecified atom stereocenters. The molecule has 0 fully saturated rings. The SMILES string of the molecule is CCc1cc2c(=O)n([C@@H](C)C(=O)OC)cnc2s1. The fraction of sp³-hybridized carbons (Fsp3) is 0.417. The molecule has 0 bridgehead atoms. The van der Waals surface area contributed by atoms with E-state index in [0.717, 1.165) is 11.3 Å². The number of carbonyl (C=O) groups excluding carboxylic acids is 1. The lowest BCUT2D eigenvalue weighted by Crippen LogP contribution is -2.28. The van der Waals surface area contributed by atoms with Gasteiger partial charge in [-0.05, 0) is 19.4 Å². The maximum absolute atomic E-state index is 12.2. The molecule has 0 radical (unpaired) electrons. The molecule has 0 amide bonds. The summed E-state index contributed by atoms with van der Waals surface area (Å²) in [6.45, 7) is 3.65. The summed E-state index contributed by atoms with van der Waals surface area (Å²) in [5.41, 5.74) is -0.200. The maximum atomic E-state index is 12.2. The molecular formula is C12H14N2O3S. The van der Waals surface area contributed by atoms with Crippen molar-refractivity contribution in [2.24, 2.45) is 0 Å². The lowest BCUT2D eigenvalue weighted by atomic mass is 10.3. The molecule has 96 valence electrons. The quantitative estimate of drug-likeness (QED) is 0.794. The lowest BCUT2D eigenvalue weighted by molar-refractivity contribution is -0.144. The molecule has 2 aromatic heterocycles. The molecule has 2 heterocycles. The number of nitrogens with zero attached hydrogens (tertiary/aromatic N) is 2.